The highest BCUT2D eigenvalue weighted by atomic mass is 19.4. The van der Waals surface area contributed by atoms with Crippen LogP contribution in [0.5, 0.6) is 0 Å². The lowest BCUT2D eigenvalue weighted by molar-refractivity contribution is -0.192. The lowest BCUT2D eigenvalue weighted by atomic mass is 10.2. The molecule has 1 atom stereocenters. The summed E-state index contributed by atoms with van der Waals surface area (Å²) in [6, 6.07) is 7.06. The minimum atomic E-state index is -5.08. The van der Waals surface area contributed by atoms with Crippen LogP contribution in [0.1, 0.15) is 23.2 Å². The molecule has 33 heavy (non-hydrogen) atoms. The van der Waals surface area contributed by atoms with Crippen molar-refractivity contribution in [3.05, 3.63) is 58.4 Å². The van der Waals surface area contributed by atoms with Gasteiger partial charge in [-0.3, -0.25) is 14.3 Å². The highest BCUT2D eigenvalue weighted by molar-refractivity contribution is 5.95. The third-order valence-electron chi connectivity index (χ3n) is 4.85. The molecule has 1 aliphatic rings. The number of fused-ring (bicyclic) bond motifs is 2. The van der Waals surface area contributed by atoms with Crippen LogP contribution < -0.4 is 16.1 Å². The van der Waals surface area contributed by atoms with E-state index in [1.807, 2.05) is 29.8 Å². The Balaban J connectivity index is 0.000000383. The van der Waals surface area contributed by atoms with Gasteiger partial charge in [0.25, 0.3) is 5.91 Å². The topological polar surface area (TPSA) is 131 Å². The number of imidazole rings is 1. The van der Waals surface area contributed by atoms with Crippen LogP contribution in [-0.4, -0.2) is 55.1 Å². The van der Waals surface area contributed by atoms with E-state index in [1.165, 1.54) is 0 Å². The van der Waals surface area contributed by atoms with Gasteiger partial charge in [0.2, 0.25) is 5.43 Å². The number of halogens is 3. The highest BCUT2D eigenvalue weighted by Gasteiger charge is 2.38. The summed E-state index contributed by atoms with van der Waals surface area (Å²) < 4.78 is 35.4. The van der Waals surface area contributed by atoms with Gasteiger partial charge < -0.3 is 20.3 Å². The highest BCUT2D eigenvalue weighted by Crippen LogP contribution is 2.13. The second kappa shape index (κ2) is 9.81. The van der Waals surface area contributed by atoms with Crippen molar-refractivity contribution < 1.29 is 27.9 Å². The van der Waals surface area contributed by atoms with Crippen molar-refractivity contribution in [2.75, 3.05) is 6.54 Å². The number of carboxylic acids is 1. The number of aromatic nitrogens is 4. The van der Waals surface area contributed by atoms with Gasteiger partial charge in [0.1, 0.15) is 5.82 Å². The molecule has 0 spiro atoms. The van der Waals surface area contributed by atoms with E-state index in [-0.39, 0.29) is 17.2 Å². The van der Waals surface area contributed by atoms with E-state index >= 15 is 0 Å². The predicted molar refractivity (Wildman–Crippen MR) is 111 cm³/mol. The Labute approximate surface area is 185 Å². The first-order valence-corrected chi connectivity index (χ1v) is 9.93. The third-order valence-corrected chi connectivity index (χ3v) is 4.85. The van der Waals surface area contributed by atoms with Gasteiger partial charge in [-0.05, 0) is 19.1 Å². The summed E-state index contributed by atoms with van der Waals surface area (Å²) in [5.74, 6) is -2.27. The summed E-state index contributed by atoms with van der Waals surface area (Å²) >= 11 is 0. The average Bonchev–Trinajstić information content (AvgIpc) is 3.12. The fourth-order valence-corrected chi connectivity index (χ4v) is 3.31. The molecule has 0 radical (unpaired) electrons. The molecule has 10 nitrogen and oxygen atoms in total. The Morgan fingerprint density at radius 1 is 1.30 bits per heavy atom. The zero-order valence-corrected chi connectivity index (χ0v) is 17.5. The zero-order valence-electron chi connectivity index (χ0n) is 17.5. The molecule has 0 saturated heterocycles. The van der Waals surface area contributed by atoms with E-state index < -0.39 is 18.1 Å². The molecule has 1 unspecified atom stereocenters. The number of alkyl halides is 3. The van der Waals surface area contributed by atoms with Crippen molar-refractivity contribution in [3.8, 4) is 0 Å². The van der Waals surface area contributed by atoms with Gasteiger partial charge in [-0.25, -0.2) is 9.78 Å². The molecule has 0 saturated carbocycles. The van der Waals surface area contributed by atoms with Crippen LogP contribution in [0.4, 0.5) is 13.2 Å². The predicted octanol–water partition coefficient (Wildman–Crippen LogP) is 1.15. The Morgan fingerprint density at radius 2 is 2.00 bits per heavy atom. The van der Waals surface area contributed by atoms with Crippen molar-refractivity contribution >= 4 is 22.8 Å². The molecule has 4 rings (SSSR count). The quantitative estimate of drug-likeness (QED) is 0.528. The summed E-state index contributed by atoms with van der Waals surface area (Å²) in [4.78, 5) is 38.7. The molecule has 0 fully saturated rings. The molecule has 1 amide bonds. The number of carbonyl (C=O) groups is 2. The molecular weight excluding hydrogens is 445 g/mol. The standard InChI is InChI=1S/C18H20N6O2.C2HF3O2/c1-2-24-14-6-4-3-5-13(14)17(25)16(22-24)18(26)21-12-9-19-10-15-20-7-8-23(15)11-12;3-2(4,5)1(6)7/h3-8,12,19H,2,9-11H2,1H3,(H,21,26);(H,6,7). The summed E-state index contributed by atoms with van der Waals surface area (Å²) in [6.45, 7) is 4.36. The minimum absolute atomic E-state index is 0.0688. The number of amides is 1. The molecule has 176 valence electrons. The van der Waals surface area contributed by atoms with Crippen molar-refractivity contribution in [3.63, 3.8) is 0 Å². The number of aryl methyl sites for hydroxylation is 1. The molecule has 3 aromatic rings. The number of para-hydroxylation sites is 1. The Bertz CT molecular complexity index is 1220. The molecule has 1 aliphatic heterocycles. The number of hydrogen-bond acceptors (Lipinski definition) is 6. The monoisotopic (exact) mass is 466 g/mol. The van der Waals surface area contributed by atoms with Crippen LogP contribution in [0.25, 0.3) is 10.9 Å². The molecule has 0 bridgehead atoms. The average molecular weight is 466 g/mol. The van der Waals surface area contributed by atoms with Crippen molar-refractivity contribution in [2.45, 2.75) is 38.8 Å². The van der Waals surface area contributed by atoms with Crippen molar-refractivity contribution in [1.29, 1.82) is 0 Å². The van der Waals surface area contributed by atoms with Crippen LogP contribution in [-0.2, 0) is 24.4 Å². The number of aliphatic carboxylic acids is 1. The van der Waals surface area contributed by atoms with Crippen molar-refractivity contribution in [1.82, 2.24) is 30.0 Å². The van der Waals surface area contributed by atoms with Gasteiger partial charge >= 0.3 is 12.1 Å². The lowest BCUT2D eigenvalue weighted by Gasteiger charge is -2.17. The first-order chi connectivity index (χ1) is 15.6. The number of benzene rings is 1. The molecular formula is C20H21F3N6O4. The second-order valence-corrected chi connectivity index (χ2v) is 7.11. The molecule has 1 aromatic carbocycles. The number of hydrogen-bond donors (Lipinski definition) is 3. The smallest absolute Gasteiger partial charge is 0.475 e. The van der Waals surface area contributed by atoms with Gasteiger partial charge in [0.15, 0.2) is 5.69 Å². The van der Waals surface area contributed by atoms with Crippen LogP contribution in [0.3, 0.4) is 0 Å². The second-order valence-electron chi connectivity index (χ2n) is 7.11. The summed E-state index contributed by atoms with van der Waals surface area (Å²) in [5, 5.41) is 18.1. The zero-order chi connectivity index (χ0) is 24.2. The van der Waals surface area contributed by atoms with E-state index in [0.717, 1.165) is 11.3 Å². The maximum atomic E-state index is 12.8. The summed E-state index contributed by atoms with van der Waals surface area (Å²) in [5.41, 5.74) is 0.323. The fourth-order valence-electron chi connectivity index (χ4n) is 3.31. The number of nitrogens with one attached hydrogen (secondary N) is 2. The van der Waals surface area contributed by atoms with Gasteiger partial charge in [-0.2, -0.15) is 18.3 Å². The van der Waals surface area contributed by atoms with E-state index in [1.54, 1.807) is 23.0 Å². The first-order valence-electron chi connectivity index (χ1n) is 9.93. The fraction of sp³-hybridized carbons (Fsp3) is 0.350. The number of carboxylic acid groups (broad SMARTS) is 1. The first kappa shape index (κ1) is 23.9. The molecule has 2 aromatic heterocycles. The van der Waals surface area contributed by atoms with Gasteiger partial charge in [0.05, 0.1) is 18.1 Å². The molecule has 3 heterocycles. The van der Waals surface area contributed by atoms with Gasteiger partial charge in [-0.15, -0.1) is 0 Å². The molecule has 0 aliphatic carbocycles. The molecule has 13 heteroatoms. The third kappa shape index (κ3) is 5.55. The van der Waals surface area contributed by atoms with Gasteiger partial charge in [-0.1, -0.05) is 12.1 Å². The van der Waals surface area contributed by atoms with E-state index in [9.17, 15) is 22.8 Å². The summed E-state index contributed by atoms with van der Waals surface area (Å²) in [7, 11) is 0. The Kier molecular flexibility index (Phi) is 7.11. The Morgan fingerprint density at radius 3 is 2.67 bits per heavy atom. The van der Waals surface area contributed by atoms with Crippen LogP contribution in [0, 0.1) is 0 Å². The van der Waals surface area contributed by atoms with E-state index in [0.29, 0.717) is 31.6 Å². The van der Waals surface area contributed by atoms with Crippen molar-refractivity contribution in [2.24, 2.45) is 0 Å². The maximum absolute atomic E-state index is 12.8. The van der Waals surface area contributed by atoms with E-state index in [2.05, 4.69) is 20.7 Å². The van der Waals surface area contributed by atoms with Crippen LogP contribution >= 0.6 is 0 Å². The Hall–Kier alpha value is -3.74. The maximum Gasteiger partial charge on any atom is 0.490 e. The number of carbonyl (C=O) groups excluding carboxylic acids is 1. The molecule has 3 N–H and O–H groups in total. The SMILES string of the molecule is CCn1nc(C(=O)NC2CNCc3nccn3C2)c(=O)c2ccccc21.O=C(O)C(F)(F)F. The largest absolute Gasteiger partial charge is 0.490 e. The summed E-state index contributed by atoms with van der Waals surface area (Å²) in [6.07, 6.45) is -1.45. The van der Waals surface area contributed by atoms with Crippen LogP contribution in [0.15, 0.2) is 41.5 Å². The van der Waals surface area contributed by atoms with E-state index in [4.69, 9.17) is 9.90 Å². The van der Waals surface area contributed by atoms with Gasteiger partial charge in [0, 0.05) is 37.4 Å². The number of rotatable bonds is 3. The van der Waals surface area contributed by atoms with Crippen LogP contribution in [0.2, 0.25) is 0 Å². The minimum Gasteiger partial charge on any atom is -0.475 e. The lowest BCUT2D eigenvalue weighted by Crippen LogP contribution is -2.44. The number of nitrogens with zero attached hydrogens (tertiary/aromatic N) is 4. The normalized spacial score (nSPS) is 15.7.